The zero-order valence-electron chi connectivity index (χ0n) is 12.5. The molecule has 0 fully saturated rings. The molecule has 3 rings (SSSR count). The first-order chi connectivity index (χ1) is 10.1. The Morgan fingerprint density at radius 1 is 1.24 bits per heavy atom. The van der Waals surface area contributed by atoms with E-state index in [0.717, 1.165) is 36.3 Å². The molecule has 0 spiro atoms. The Labute approximate surface area is 125 Å². The number of anilines is 1. The quantitative estimate of drug-likeness (QED) is 0.895. The number of furan rings is 1. The van der Waals surface area contributed by atoms with Gasteiger partial charge in [-0.25, -0.2) is 0 Å². The van der Waals surface area contributed by atoms with Crippen LogP contribution in [0.15, 0.2) is 41.0 Å². The number of aryl methyl sites for hydroxylation is 1. The Bertz CT molecular complexity index is 661. The van der Waals surface area contributed by atoms with Gasteiger partial charge in [0, 0.05) is 17.7 Å². The van der Waals surface area contributed by atoms with E-state index in [0.29, 0.717) is 6.04 Å². The number of benzene rings is 1. The SMILES string of the molecule is CC(C)(C#N)c1ccc(NC2CCCc3occc32)cc1. The molecule has 108 valence electrons. The highest BCUT2D eigenvalue weighted by Crippen LogP contribution is 2.33. The number of nitrogens with zero attached hydrogens (tertiary/aromatic N) is 1. The van der Waals surface area contributed by atoms with Crippen molar-refractivity contribution in [3.8, 4) is 6.07 Å². The van der Waals surface area contributed by atoms with Gasteiger partial charge in [-0.3, -0.25) is 0 Å². The van der Waals surface area contributed by atoms with Gasteiger partial charge in [0.25, 0.3) is 0 Å². The van der Waals surface area contributed by atoms with Gasteiger partial charge in [-0.05, 0) is 50.5 Å². The molecule has 0 saturated carbocycles. The van der Waals surface area contributed by atoms with Gasteiger partial charge in [-0.2, -0.15) is 5.26 Å². The highest BCUT2D eigenvalue weighted by molar-refractivity contribution is 5.49. The van der Waals surface area contributed by atoms with E-state index in [1.807, 2.05) is 26.0 Å². The second-order valence-electron chi connectivity index (χ2n) is 6.20. The Morgan fingerprint density at radius 2 is 2.00 bits per heavy atom. The second kappa shape index (κ2) is 5.29. The highest BCUT2D eigenvalue weighted by atomic mass is 16.3. The van der Waals surface area contributed by atoms with Gasteiger partial charge in [-0.1, -0.05) is 12.1 Å². The van der Waals surface area contributed by atoms with Crippen LogP contribution >= 0.6 is 0 Å². The summed E-state index contributed by atoms with van der Waals surface area (Å²) in [5.74, 6) is 1.11. The molecule has 1 heterocycles. The molecule has 1 aliphatic carbocycles. The fourth-order valence-corrected chi connectivity index (χ4v) is 2.89. The Balaban J connectivity index is 1.77. The second-order valence-corrected chi connectivity index (χ2v) is 6.20. The van der Waals surface area contributed by atoms with Crippen molar-refractivity contribution in [1.82, 2.24) is 0 Å². The average molecular weight is 280 g/mol. The maximum absolute atomic E-state index is 9.19. The third-order valence-electron chi connectivity index (χ3n) is 4.28. The van der Waals surface area contributed by atoms with Gasteiger partial charge in [0.2, 0.25) is 0 Å². The summed E-state index contributed by atoms with van der Waals surface area (Å²) in [6.45, 7) is 3.88. The lowest BCUT2D eigenvalue weighted by Crippen LogP contribution is -2.16. The van der Waals surface area contributed by atoms with Crippen molar-refractivity contribution in [2.45, 2.75) is 44.6 Å². The summed E-state index contributed by atoms with van der Waals surface area (Å²) in [6.07, 6.45) is 5.09. The first-order valence-electron chi connectivity index (χ1n) is 7.45. The molecular weight excluding hydrogens is 260 g/mol. The van der Waals surface area contributed by atoms with E-state index in [1.54, 1.807) is 6.26 Å². The fraction of sp³-hybridized carbons (Fsp3) is 0.389. The van der Waals surface area contributed by atoms with Gasteiger partial charge in [0.15, 0.2) is 0 Å². The Hall–Kier alpha value is -2.21. The van der Waals surface area contributed by atoms with Crippen LogP contribution in [0.3, 0.4) is 0 Å². The lowest BCUT2D eigenvalue weighted by atomic mass is 9.86. The third-order valence-corrected chi connectivity index (χ3v) is 4.28. The van der Waals surface area contributed by atoms with Crippen molar-refractivity contribution in [3.05, 3.63) is 53.5 Å². The summed E-state index contributed by atoms with van der Waals surface area (Å²) in [4.78, 5) is 0. The maximum atomic E-state index is 9.19. The van der Waals surface area contributed by atoms with Crippen LogP contribution < -0.4 is 5.32 Å². The molecule has 1 aliphatic rings. The van der Waals surface area contributed by atoms with E-state index >= 15 is 0 Å². The van der Waals surface area contributed by atoms with Crippen LogP contribution in [0.4, 0.5) is 5.69 Å². The molecule has 1 unspecified atom stereocenters. The van der Waals surface area contributed by atoms with Gasteiger partial charge >= 0.3 is 0 Å². The van der Waals surface area contributed by atoms with E-state index < -0.39 is 5.41 Å². The molecule has 3 heteroatoms. The molecule has 1 aromatic carbocycles. The predicted octanol–water partition coefficient (Wildman–Crippen LogP) is 4.57. The number of hydrogen-bond donors (Lipinski definition) is 1. The maximum Gasteiger partial charge on any atom is 0.109 e. The number of nitrogens with one attached hydrogen (secondary N) is 1. The molecule has 21 heavy (non-hydrogen) atoms. The van der Waals surface area contributed by atoms with Gasteiger partial charge in [0.05, 0.1) is 23.8 Å². The summed E-state index contributed by atoms with van der Waals surface area (Å²) >= 11 is 0. The van der Waals surface area contributed by atoms with Crippen molar-refractivity contribution >= 4 is 5.69 Å². The first-order valence-corrected chi connectivity index (χ1v) is 7.45. The minimum absolute atomic E-state index is 0.322. The van der Waals surface area contributed by atoms with Crippen LogP contribution in [-0.4, -0.2) is 0 Å². The van der Waals surface area contributed by atoms with Gasteiger partial charge in [-0.15, -0.1) is 0 Å². The average Bonchev–Trinajstić information content (AvgIpc) is 2.97. The van der Waals surface area contributed by atoms with E-state index in [2.05, 4.69) is 29.6 Å². The van der Waals surface area contributed by atoms with Crippen molar-refractivity contribution in [2.24, 2.45) is 0 Å². The molecular formula is C18H20N2O. The van der Waals surface area contributed by atoms with Crippen LogP contribution in [-0.2, 0) is 11.8 Å². The normalized spacial score (nSPS) is 17.9. The van der Waals surface area contributed by atoms with Crippen LogP contribution in [0.25, 0.3) is 0 Å². The summed E-state index contributed by atoms with van der Waals surface area (Å²) in [7, 11) is 0. The lowest BCUT2D eigenvalue weighted by Gasteiger charge is -2.24. The molecule has 0 radical (unpaired) electrons. The smallest absolute Gasteiger partial charge is 0.109 e. The zero-order valence-corrected chi connectivity index (χ0v) is 12.5. The van der Waals surface area contributed by atoms with Crippen molar-refractivity contribution in [1.29, 1.82) is 5.26 Å². The van der Waals surface area contributed by atoms with Gasteiger partial charge < -0.3 is 9.73 Å². The minimum atomic E-state index is -0.443. The minimum Gasteiger partial charge on any atom is -0.469 e. The van der Waals surface area contributed by atoms with E-state index in [4.69, 9.17) is 4.42 Å². The third kappa shape index (κ3) is 2.67. The van der Waals surface area contributed by atoms with Crippen molar-refractivity contribution in [2.75, 3.05) is 5.32 Å². The van der Waals surface area contributed by atoms with E-state index in [1.165, 1.54) is 5.56 Å². The molecule has 0 amide bonds. The monoisotopic (exact) mass is 280 g/mol. The number of hydrogen-bond acceptors (Lipinski definition) is 3. The molecule has 3 nitrogen and oxygen atoms in total. The Kier molecular flexibility index (Phi) is 3.47. The number of nitriles is 1. The lowest BCUT2D eigenvalue weighted by molar-refractivity contribution is 0.461. The Morgan fingerprint density at radius 3 is 2.71 bits per heavy atom. The molecule has 1 N–H and O–H groups in total. The summed E-state index contributed by atoms with van der Waals surface area (Å²) < 4.78 is 5.53. The van der Waals surface area contributed by atoms with Gasteiger partial charge in [0.1, 0.15) is 5.76 Å². The van der Waals surface area contributed by atoms with E-state index in [9.17, 15) is 5.26 Å². The molecule has 0 aliphatic heterocycles. The summed E-state index contributed by atoms with van der Waals surface area (Å²) in [5.41, 5.74) is 2.97. The fourth-order valence-electron chi connectivity index (χ4n) is 2.89. The first kappa shape index (κ1) is 13.8. The molecule has 0 bridgehead atoms. The van der Waals surface area contributed by atoms with Crippen LogP contribution in [0.2, 0.25) is 0 Å². The molecule has 1 aromatic heterocycles. The molecule has 0 saturated heterocycles. The highest BCUT2D eigenvalue weighted by Gasteiger charge is 2.23. The number of fused-ring (bicyclic) bond motifs is 1. The summed E-state index contributed by atoms with van der Waals surface area (Å²) in [6, 6.07) is 12.9. The van der Waals surface area contributed by atoms with Crippen LogP contribution in [0, 0.1) is 11.3 Å². The predicted molar refractivity (Wildman–Crippen MR) is 83.1 cm³/mol. The molecule has 2 aromatic rings. The van der Waals surface area contributed by atoms with Crippen LogP contribution in [0.5, 0.6) is 0 Å². The van der Waals surface area contributed by atoms with Crippen molar-refractivity contribution < 1.29 is 4.42 Å². The zero-order chi connectivity index (χ0) is 14.9. The summed E-state index contributed by atoms with van der Waals surface area (Å²) in [5, 5.41) is 12.8. The van der Waals surface area contributed by atoms with Crippen molar-refractivity contribution in [3.63, 3.8) is 0 Å². The standard InChI is InChI=1S/C18H20N2O/c1-18(2,12-19)13-6-8-14(9-7-13)20-16-4-3-5-17-15(16)10-11-21-17/h6-11,16,20H,3-5H2,1-2H3. The number of rotatable bonds is 3. The molecule has 1 atom stereocenters. The van der Waals surface area contributed by atoms with E-state index in [-0.39, 0.29) is 0 Å². The van der Waals surface area contributed by atoms with Crippen LogP contribution in [0.1, 0.15) is 49.6 Å². The largest absolute Gasteiger partial charge is 0.469 e. The topological polar surface area (TPSA) is 49.0 Å².